The van der Waals surface area contributed by atoms with Gasteiger partial charge in [0, 0.05) is 35.8 Å². The first-order valence-corrected chi connectivity index (χ1v) is 17.6. The van der Waals surface area contributed by atoms with Crippen LogP contribution in [0.3, 0.4) is 0 Å². The van der Waals surface area contributed by atoms with E-state index >= 15 is 0 Å². The number of nitrogens with zero attached hydrogens (tertiary/aromatic N) is 1. The summed E-state index contributed by atoms with van der Waals surface area (Å²) >= 11 is 0. The number of rotatable bonds is 7. The molecule has 1 aromatic carbocycles. The largest absolute Gasteiger partial charge is 0.373 e. The summed E-state index contributed by atoms with van der Waals surface area (Å²) in [4.78, 5) is 30.3. The van der Waals surface area contributed by atoms with Gasteiger partial charge in [0.15, 0.2) is 0 Å². The number of likely N-dealkylation sites (tertiary alicyclic amines) is 1. The van der Waals surface area contributed by atoms with Gasteiger partial charge in [-0.15, -0.1) is 0 Å². The number of benzene rings is 1. The SMILES string of the molecule is Cc1cccc2c1NC(C(=O)NC(C1CC1)C1NC(C)(C3CCCCCCC3)C(C(=O)NC3CCN(C)CC3)CC1C)C2. The molecule has 0 bridgehead atoms. The normalized spacial score (nSPS) is 33.5. The first-order valence-electron chi connectivity index (χ1n) is 17.6. The Hall–Kier alpha value is -2.12. The van der Waals surface area contributed by atoms with Crippen molar-refractivity contribution in [3.8, 4) is 0 Å². The first kappa shape index (κ1) is 30.9. The van der Waals surface area contributed by atoms with Gasteiger partial charge >= 0.3 is 0 Å². The Morgan fingerprint density at radius 1 is 0.977 bits per heavy atom. The molecule has 2 amide bonds. The molecular weight excluding hydrogens is 534 g/mol. The second-order valence-corrected chi connectivity index (χ2v) is 15.2. The lowest BCUT2D eigenvalue weighted by Gasteiger charge is -2.54. The summed E-state index contributed by atoms with van der Waals surface area (Å²) in [7, 11) is 2.17. The molecule has 6 rings (SSSR count). The molecule has 4 N–H and O–H groups in total. The number of para-hydroxylation sites is 1. The number of anilines is 1. The number of carbonyl (C=O) groups excluding carboxylic acids is 2. The van der Waals surface area contributed by atoms with Crippen molar-refractivity contribution >= 4 is 17.5 Å². The van der Waals surface area contributed by atoms with Gasteiger partial charge in [0.1, 0.15) is 6.04 Å². The number of carbonyl (C=O) groups is 2. The summed E-state index contributed by atoms with van der Waals surface area (Å²) in [5.41, 5.74) is 3.29. The molecule has 0 radical (unpaired) electrons. The molecule has 2 saturated heterocycles. The predicted molar refractivity (Wildman–Crippen MR) is 174 cm³/mol. The van der Waals surface area contributed by atoms with Gasteiger partial charge in [-0.05, 0) is 108 Å². The van der Waals surface area contributed by atoms with E-state index in [1.165, 1.54) is 68.9 Å². The minimum Gasteiger partial charge on any atom is -0.373 e. The van der Waals surface area contributed by atoms with Gasteiger partial charge in [0.05, 0.1) is 5.92 Å². The highest BCUT2D eigenvalue weighted by molar-refractivity contribution is 5.88. The van der Waals surface area contributed by atoms with Crippen LogP contribution in [0, 0.1) is 30.6 Å². The summed E-state index contributed by atoms with van der Waals surface area (Å²) in [6, 6.07) is 6.67. The number of fused-ring (bicyclic) bond motifs is 1. The monoisotopic (exact) mass is 591 g/mol. The summed E-state index contributed by atoms with van der Waals surface area (Å²) in [6.45, 7) is 8.91. The Balaban J connectivity index is 1.21. The third kappa shape index (κ3) is 6.78. The van der Waals surface area contributed by atoms with Crippen LogP contribution in [0.5, 0.6) is 0 Å². The van der Waals surface area contributed by atoms with E-state index in [1.54, 1.807) is 0 Å². The average molecular weight is 592 g/mol. The maximum Gasteiger partial charge on any atom is 0.243 e. The predicted octanol–water partition coefficient (Wildman–Crippen LogP) is 5.17. The van der Waals surface area contributed by atoms with E-state index in [1.807, 2.05) is 0 Å². The standard InChI is InChI=1S/C36H57N5O2/c1-23-11-10-12-26-22-30(38-31(23)26)35(43)39-33(25-15-16-25)32-24(2)21-29(34(42)37-28-17-19-41(4)20-18-28)36(3,40-32)27-13-8-6-5-7-9-14-27/h10-12,24-25,27-30,32-33,38,40H,5-9,13-22H2,1-4H3,(H,37,42)(H,39,43). The highest BCUT2D eigenvalue weighted by Gasteiger charge is 2.54. The lowest BCUT2D eigenvalue weighted by Crippen LogP contribution is -2.71. The molecule has 6 unspecified atom stereocenters. The number of hydrogen-bond acceptors (Lipinski definition) is 5. The van der Waals surface area contributed by atoms with Gasteiger partial charge in [-0.3, -0.25) is 9.59 Å². The summed E-state index contributed by atoms with van der Waals surface area (Å²) in [5.74, 6) is 1.62. The molecule has 4 fully saturated rings. The minimum absolute atomic E-state index is 0.0487. The number of aryl methyl sites for hydroxylation is 1. The van der Waals surface area contributed by atoms with Gasteiger partial charge in [-0.2, -0.15) is 0 Å². The Morgan fingerprint density at radius 3 is 2.35 bits per heavy atom. The zero-order chi connectivity index (χ0) is 30.1. The van der Waals surface area contributed by atoms with Gasteiger partial charge < -0.3 is 26.2 Å². The minimum atomic E-state index is -0.277. The molecule has 2 aliphatic carbocycles. The van der Waals surface area contributed by atoms with Gasteiger partial charge in [0.25, 0.3) is 0 Å². The molecule has 7 nitrogen and oxygen atoms in total. The zero-order valence-corrected chi connectivity index (χ0v) is 27.2. The fraction of sp³-hybridized carbons (Fsp3) is 0.778. The van der Waals surface area contributed by atoms with Crippen LogP contribution in [0.15, 0.2) is 18.2 Å². The van der Waals surface area contributed by atoms with Crippen LogP contribution in [0.1, 0.15) is 102 Å². The van der Waals surface area contributed by atoms with E-state index in [4.69, 9.17) is 0 Å². The van der Waals surface area contributed by atoms with Crippen LogP contribution in [-0.2, 0) is 16.0 Å². The Morgan fingerprint density at radius 2 is 1.67 bits per heavy atom. The van der Waals surface area contributed by atoms with Crippen LogP contribution >= 0.6 is 0 Å². The molecule has 3 aliphatic heterocycles. The van der Waals surface area contributed by atoms with E-state index in [9.17, 15) is 9.59 Å². The number of hydrogen-bond donors (Lipinski definition) is 4. The molecule has 43 heavy (non-hydrogen) atoms. The smallest absolute Gasteiger partial charge is 0.243 e. The zero-order valence-electron chi connectivity index (χ0n) is 27.2. The number of nitrogens with one attached hydrogen (secondary N) is 4. The highest BCUT2D eigenvalue weighted by atomic mass is 16.2. The number of piperidine rings is 2. The fourth-order valence-corrected chi connectivity index (χ4v) is 9.03. The second kappa shape index (κ2) is 13.1. The van der Waals surface area contributed by atoms with Crippen molar-refractivity contribution in [1.82, 2.24) is 20.9 Å². The van der Waals surface area contributed by atoms with Crippen molar-refractivity contribution < 1.29 is 9.59 Å². The van der Waals surface area contributed by atoms with Crippen LogP contribution in [0.2, 0.25) is 0 Å². The molecule has 2 saturated carbocycles. The lowest BCUT2D eigenvalue weighted by molar-refractivity contribution is -0.134. The second-order valence-electron chi connectivity index (χ2n) is 15.2. The van der Waals surface area contributed by atoms with Crippen LogP contribution in [0.25, 0.3) is 0 Å². The Labute approximate surface area is 260 Å². The molecule has 5 aliphatic rings. The maximum absolute atomic E-state index is 14.2. The van der Waals surface area contributed by atoms with Gasteiger partial charge in [0.2, 0.25) is 11.8 Å². The molecule has 238 valence electrons. The third-order valence-corrected chi connectivity index (χ3v) is 12.0. The van der Waals surface area contributed by atoms with E-state index in [2.05, 4.69) is 72.2 Å². The van der Waals surface area contributed by atoms with Crippen molar-refractivity contribution in [3.63, 3.8) is 0 Å². The van der Waals surface area contributed by atoms with E-state index in [-0.39, 0.29) is 47.4 Å². The average Bonchev–Trinajstić information content (AvgIpc) is 3.71. The van der Waals surface area contributed by atoms with E-state index < -0.39 is 0 Å². The maximum atomic E-state index is 14.2. The van der Waals surface area contributed by atoms with Crippen molar-refractivity contribution in [3.05, 3.63) is 29.3 Å². The van der Waals surface area contributed by atoms with Crippen molar-refractivity contribution in [2.45, 2.75) is 134 Å². The first-order chi connectivity index (χ1) is 20.7. The Kier molecular flexibility index (Phi) is 9.40. The molecule has 7 heteroatoms. The van der Waals surface area contributed by atoms with Crippen molar-refractivity contribution in [2.24, 2.45) is 23.7 Å². The molecule has 3 heterocycles. The quantitative estimate of drug-likeness (QED) is 0.352. The van der Waals surface area contributed by atoms with Gasteiger partial charge in [-0.1, -0.05) is 57.2 Å². The van der Waals surface area contributed by atoms with E-state index in [0.29, 0.717) is 17.8 Å². The molecular formula is C36H57N5O2. The molecule has 0 spiro atoms. The number of amides is 2. The van der Waals surface area contributed by atoms with Crippen molar-refractivity contribution in [1.29, 1.82) is 0 Å². The lowest BCUT2D eigenvalue weighted by atomic mass is 9.63. The summed E-state index contributed by atoms with van der Waals surface area (Å²) < 4.78 is 0. The van der Waals surface area contributed by atoms with Crippen LogP contribution in [0.4, 0.5) is 5.69 Å². The van der Waals surface area contributed by atoms with Crippen LogP contribution < -0.4 is 21.3 Å². The molecule has 1 aromatic rings. The summed E-state index contributed by atoms with van der Waals surface area (Å²) in [6.07, 6.45) is 14.9. The highest BCUT2D eigenvalue weighted by Crippen LogP contribution is 2.46. The van der Waals surface area contributed by atoms with Crippen LogP contribution in [-0.4, -0.2) is 66.6 Å². The third-order valence-electron chi connectivity index (χ3n) is 12.0. The summed E-state index contributed by atoms with van der Waals surface area (Å²) in [5, 5.41) is 14.9. The van der Waals surface area contributed by atoms with Gasteiger partial charge in [-0.25, -0.2) is 0 Å². The molecule has 0 aromatic heterocycles. The van der Waals surface area contributed by atoms with Crippen molar-refractivity contribution in [2.75, 3.05) is 25.5 Å². The fourth-order valence-electron chi connectivity index (χ4n) is 9.03. The van der Waals surface area contributed by atoms with E-state index in [0.717, 1.165) is 44.5 Å². The topological polar surface area (TPSA) is 85.5 Å². The molecule has 6 atom stereocenters. The Bertz CT molecular complexity index is 1140.